The van der Waals surface area contributed by atoms with Crippen LogP contribution in [0.3, 0.4) is 0 Å². The van der Waals surface area contributed by atoms with E-state index in [9.17, 15) is 4.79 Å². The monoisotopic (exact) mass is 269 g/mol. The topological polar surface area (TPSA) is 44.4 Å². The van der Waals surface area contributed by atoms with E-state index in [1.54, 1.807) is 0 Å². The van der Waals surface area contributed by atoms with Gasteiger partial charge in [-0.1, -0.05) is 0 Å². The highest BCUT2D eigenvalue weighted by atomic mass is 32.2. The lowest BCUT2D eigenvalue weighted by molar-refractivity contribution is -0.123. The lowest BCUT2D eigenvalue weighted by atomic mass is 10.0. The van der Waals surface area contributed by atoms with Gasteiger partial charge in [0, 0.05) is 43.2 Å². The minimum atomic E-state index is 0.0326. The largest absolute Gasteiger partial charge is 0.352 e. The second-order valence-corrected chi connectivity index (χ2v) is 6.78. The Morgan fingerprint density at radius 2 is 2.00 bits per heavy atom. The average Bonchev–Trinajstić information content (AvgIpc) is 3.25. The first kappa shape index (κ1) is 12.8. The van der Waals surface area contributed by atoms with Crippen molar-refractivity contribution < 1.29 is 4.79 Å². The number of likely N-dealkylation sites (tertiary alicyclic amines) is 1. The molecule has 1 atom stereocenters. The van der Waals surface area contributed by atoms with Gasteiger partial charge in [0.15, 0.2) is 0 Å². The summed E-state index contributed by atoms with van der Waals surface area (Å²) in [5.41, 5.74) is 0. The fraction of sp³-hybridized carbons (Fsp3) is 0.923. The Bertz CT molecular complexity index is 295. The van der Waals surface area contributed by atoms with E-state index >= 15 is 0 Å². The van der Waals surface area contributed by atoms with Crippen molar-refractivity contribution in [1.82, 2.24) is 15.5 Å². The standard InChI is InChI=1S/C13H23N3OS/c17-13(12-9-18-8-5-14-12)15-10-3-6-16(7-4-10)11-1-2-11/h10-12,14H,1-9H2,(H,15,17). The lowest BCUT2D eigenvalue weighted by Crippen LogP contribution is -2.53. The van der Waals surface area contributed by atoms with E-state index in [2.05, 4.69) is 15.5 Å². The molecule has 4 nitrogen and oxygen atoms in total. The summed E-state index contributed by atoms with van der Waals surface area (Å²) in [6.45, 7) is 3.30. The number of nitrogens with one attached hydrogen (secondary N) is 2. The molecule has 3 aliphatic rings. The minimum absolute atomic E-state index is 0.0326. The number of thioether (sulfide) groups is 1. The van der Waals surface area contributed by atoms with Gasteiger partial charge < -0.3 is 15.5 Å². The highest BCUT2D eigenvalue weighted by molar-refractivity contribution is 7.99. The summed E-state index contributed by atoms with van der Waals surface area (Å²) < 4.78 is 0. The van der Waals surface area contributed by atoms with Crippen LogP contribution in [0.25, 0.3) is 0 Å². The molecule has 1 saturated carbocycles. The van der Waals surface area contributed by atoms with Crippen molar-refractivity contribution in [3.05, 3.63) is 0 Å². The summed E-state index contributed by atoms with van der Waals surface area (Å²) >= 11 is 1.87. The minimum Gasteiger partial charge on any atom is -0.352 e. The first-order valence-electron chi connectivity index (χ1n) is 7.18. The van der Waals surface area contributed by atoms with E-state index in [4.69, 9.17) is 0 Å². The van der Waals surface area contributed by atoms with Crippen LogP contribution in [-0.2, 0) is 4.79 Å². The number of hydrogen-bond acceptors (Lipinski definition) is 4. The van der Waals surface area contributed by atoms with E-state index in [1.807, 2.05) is 11.8 Å². The molecule has 0 bridgehead atoms. The SMILES string of the molecule is O=C(NC1CCN(C2CC2)CC1)C1CSCCN1. The van der Waals surface area contributed by atoms with Gasteiger partial charge in [0.1, 0.15) is 0 Å². The average molecular weight is 269 g/mol. The molecule has 0 aromatic carbocycles. The molecule has 2 saturated heterocycles. The van der Waals surface area contributed by atoms with Crippen LogP contribution in [0.5, 0.6) is 0 Å². The van der Waals surface area contributed by atoms with Crippen LogP contribution >= 0.6 is 11.8 Å². The summed E-state index contributed by atoms with van der Waals surface area (Å²) in [6, 6.07) is 1.31. The van der Waals surface area contributed by atoms with Crippen molar-refractivity contribution in [3.8, 4) is 0 Å². The van der Waals surface area contributed by atoms with Crippen LogP contribution in [0, 0.1) is 0 Å². The van der Waals surface area contributed by atoms with Gasteiger partial charge in [-0.2, -0.15) is 11.8 Å². The Balaban J connectivity index is 1.41. The first-order valence-corrected chi connectivity index (χ1v) is 8.34. The number of carbonyl (C=O) groups excluding carboxylic acids is 1. The Hall–Kier alpha value is -0.260. The molecule has 1 unspecified atom stereocenters. The maximum absolute atomic E-state index is 12.1. The number of amides is 1. The molecule has 2 heterocycles. The van der Waals surface area contributed by atoms with E-state index < -0.39 is 0 Å². The second kappa shape index (κ2) is 5.80. The molecule has 102 valence electrons. The van der Waals surface area contributed by atoms with Gasteiger partial charge in [0.2, 0.25) is 5.91 Å². The third-order valence-electron chi connectivity index (χ3n) is 4.18. The van der Waals surface area contributed by atoms with Crippen LogP contribution < -0.4 is 10.6 Å². The smallest absolute Gasteiger partial charge is 0.238 e. The zero-order valence-electron chi connectivity index (χ0n) is 10.9. The maximum Gasteiger partial charge on any atom is 0.238 e. The van der Waals surface area contributed by atoms with Crippen molar-refractivity contribution >= 4 is 17.7 Å². The molecule has 0 spiro atoms. The van der Waals surface area contributed by atoms with Crippen LogP contribution in [-0.4, -0.2) is 60.1 Å². The third kappa shape index (κ3) is 3.19. The zero-order chi connectivity index (χ0) is 12.4. The van der Waals surface area contributed by atoms with Gasteiger partial charge in [-0.05, 0) is 25.7 Å². The van der Waals surface area contributed by atoms with Crippen LogP contribution in [0.2, 0.25) is 0 Å². The molecular weight excluding hydrogens is 246 g/mol. The number of rotatable bonds is 3. The fourth-order valence-electron chi connectivity index (χ4n) is 2.88. The normalized spacial score (nSPS) is 31.2. The van der Waals surface area contributed by atoms with Gasteiger partial charge in [-0.25, -0.2) is 0 Å². The van der Waals surface area contributed by atoms with E-state index in [-0.39, 0.29) is 11.9 Å². The molecule has 1 amide bonds. The number of piperidine rings is 1. The molecule has 3 rings (SSSR count). The number of nitrogens with zero attached hydrogens (tertiary/aromatic N) is 1. The van der Waals surface area contributed by atoms with Crippen molar-refractivity contribution in [2.24, 2.45) is 0 Å². The maximum atomic E-state index is 12.1. The third-order valence-corrected chi connectivity index (χ3v) is 5.24. The summed E-state index contributed by atoms with van der Waals surface area (Å²) in [5, 5.41) is 6.53. The molecule has 18 heavy (non-hydrogen) atoms. The summed E-state index contributed by atoms with van der Waals surface area (Å²) in [4.78, 5) is 14.7. The molecule has 2 N–H and O–H groups in total. The Morgan fingerprint density at radius 3 is 2.61 bits per heavy atom. The first-order chi connectivity index (χ1) is 8.83. The van der Waals surface area contributed by atoms with E-state index in [0.29, 0.717) is 6.04 Å². The zero-order valence-corrected chi connectivity index (χ0v) is 11.7. The highest BCUT2D eigenvalue weighted by Crippen LogP contribution is 2.29. The highest BCUT2D eigenvalue weighted by Gasteiger charge is 2.32. The van der Waals surface area contributed by atoms with Crippen LogP contribution in [0.4, 0.5) is 0 Å². The van der Waals surface area contributed by atoms with E-state index in [0.717, 1.165) is 36.9 Å². The molecule has 3 fully saturated rings. The predicted octanol–water partition coefficient (Wildman–Crippen LogP) is 0.434. The lowest BCUT2D eigenvalue weighted by Gasteiger charge is -2.33. The van der Waals surface area contributed by atoms with Crippen LogP contribution in [0.1, 0.15) is 25.7 Å². The second-order valence-electron chi connectivity index (χ2n) is 5.63. The van der Waals surface area contributed by atoms with Gasteiger partial charge in [-0.15, -0.1) is 0 Å². The predicted molar refractivity (Wildman–Crippen MR) is 74.9 cm³/mol. The Labute approximate surface area is 113 Å². The van der Waals surface area contributed by atoms with Crippen molar-refractivity contribution in [2.45, 2.75) is 43.8 Å². The van der Waals surface area contributed by atoms with Crippen LogP contribution in [0.15, 0.2) is 0 Å². The van der Waals surface area contributed by atoms with Crippen molar-refractivity contribution in [2.75, 3.05) is 31.1 Å². The summed E-state index contributed by atoms with van der Waals surface area (Å²) in [5.74, 6) is 2.27. The van der Waals surface area contributed by atoms with Gasteiger partial charge in [0.05, 0.1) is 6.04 Å². The fourth-order valence-corrected chi connectivity index (χ4v) is 3.82. The molecule has 5 heteroatoms. The Morgan fingerprint density at radius 1 is 1.22 bits per heavy atom. The van der Waals surface area contributed by atoms with Gasteiger partial charge in [0.25, 0.3) is 0 Å². The number of carbonyl (C=O) groups is 1. The van der Waals surface area contributed by atoms with Gasteiger partial charge >= 0.3 is 0 Å². The van der Waals surface area contributed by atoms with E-state index in [1.165, 1.54) is 25.9 Å². The Kier molecular flexibility index (Phi) is 4.11. The molecule has 2 aliphatic heterocycles. The molecule has 0 aromatic heterocycles. The van der Waals surface area contributed by atoms with Gasteiger partial charge in [-0.3, -0.25) is 4.79 Å². The van der Waals surface area contributed by atoms with Crippen molar-refractivity contribution in [1.29, 1.82) is 0 Å². The van der Waals surface area contributed by atoms with Crippen molar-refractivity contribution in [3.63, 3.8) is 0 Å². The molecule has 0 radical (unpaired) electrons. The molecule has 1 aliphatic carbocycles. The summed E-state index contributed by atoms with van der Waals surface area (Å²) in [7, 11) is 0. The molecular formula is C13H23N3OS. The quantitative estimate of drug-likeness (QED) is 0.780. The summed E-state index contributed by atoms with van der Waals surface area (Å²) in [6.07, 6.45) is 5.03. The molecule has 0 aromatic rings. The number of hydrogen-bond donors (Lipinski definition) is 2.